The monoisotopic (exact) mass is 828 g/mol. The van der Waals surface area contributed by atoms with Gasteiger partial charge < -0.3 is 24.4 Å². The van der Waals surface area contributed by atoms with Crippen LogP contribution in [0.2, 0.25) is 10.0 Å². The van der Waals surface area contributed by atoms with Gasteiger partial charge in [-0.25, -0.2) is 13.4 Å². The molecule has 3 aromatic rings. The van der Waals surface area contributed by atoms with E-state index in [4.69, 9.17) is 37.4 Å². The molecule has 1 aromatic heterocycles. The minimum Gasteiger partial charge on any atom is -0.870 e. The van der Waals surface area contributed by atoms with E-state index in [2.05, 4.69) is 14.6 Å². The van der Waals surface area contributed by atoms with Crippen molar-refractivity contribution in [1.29, 1.82) is 0 Å². The van der Waals surface area contributed by atoms with Gasteiger partial charge in [-0.3, -0.25) is 28.5 Å². The minimum absolute atomic E-state index is 0. The van der Waals surface area contributed by atoms with Crippen LogP contribution < -0.4 is 18.8 Å². The molecular formula is C36H40Cl2F2N4O10S. The van der Waals surface area contributed by atoms with Gasteiger partial charge in [0.15, 0.2) is 23.9 Å². The van der Waals surface area contributed by atoms with Crippen LogP contribution in [-0.4, -0.2) is 107 Å². The van der Waals surface area contributed by atoms with Gasteiger partial charge in [0, 0.05) is 38.2 Å². The van der Waals surface area contributed by atoms with Gasteiger partial charge in [0.1, 0.15) is 22.7 Å². The summed E-state index contributed by atoms with van der Waals surface area (Å²) in [7, 11) is -3.76. The van der Waals surface area contributed by atoms with Gasteiger partial charge in [0.05, 0.1) is 42.9 Å². The molecule has 2 fully saturated rings. The number of halogens is 4. The number of fused-ring (bicyclic) bond motifs is 1. The average Bonchev–Trinajstić information content (AvgIpc) is 3.93. The molecular weight excluding hydrogens is 789 g/mol. The molecule has 1 aliphatic carbocycles. The van der Waals surface area contributed by atoms with Crippen molar-refractivity contribution in [2.24, 2.45) is 5.92 Å². The smallest absolute Gasteiger partial charge is 0.387 e. The van der Waals surface area contributed by atoms with E-state index < -0.39 is 47.1 Å². The highest BCUT2D eigenvalue weighted by Gasteiger charge is 2.38. The van der Waals surface area contributed by atoms with E-state index in [-0.39, 0.29) is 69.3 Å². The highest BCUT2D eigenvalue weighted by atomic mass is 35.5. The Balaban J connectivity index is 0.00000580. The fraction of sp³-hybridized carbons (Fsp3) is 0.444. The standard InChI is InChI=1S/C36H38Cl2F2N4O9S.H2O/c1-54(48,49)44(10-2-9-42-11-13-50-14-12-42)24-6-7-25-26(16-24)35(47)43(34(25)46)20-33(45)52-31(17-27-28(37)18-41-19-29(27)38)23-5-8-30(53-36(39)40)32(15-23)51-21-22-3-4-22;/h5-8,15-16,18-19,22,31,36H,2-4,9-14,17,20-21H2,1H3;1H2/t31-;/m0./s1. The third-order valence-electron chi connectivity index (χ3n) is 9.26. The van der Waals surface area contributed by atoms with Gasteiger partial charge in [0.2, 0.25) is 10.0 Å². The van der Waals surface area contributed by atoms with Crippen LogP contribution >= 0.6 is 23.2 Å². The second-order valence-corrected chi connectivity index (χ2v) is 15.9. The molecule has 298 valence electrons. The number of anilines is 1. The SMILES string of the molecule is CS(=O)(=O)N(CCCN1CCOCC1)c1ccc2c(c1)C(=O)N(CC(=O)O[C@@H](Cc1c(Cl)c[nH+]cc1Cl)c1ccc(OC(F)F)c(OCC3CC3)c1)C2=O.[OH-]. The van der Waals surface area contributed by atoms with Crippen molar-refractivity contribution in [1.82, 2.24) is 9.80 Å². The number of hydrogen-bond donors (Lipinski definition) is 0. The van der Waals surface area contributed by atoms with Crippen LogP contribution in [0, 0.1) is 5.92 Å². The largest absolute Gasteiger partial charge is 0.870 e. The summed E-state index contributed by atoms with van der Waals surface area (Å²) >= 11 is 12.9. The number of amides is 2. The van der Waals surface area contributed by atoms with Gasteiger partial charge in [-0.2, -0.15) is 8.78 Å². The molecule has 2 amide bonds. The van der Waals surface area contributed by atoms with Gasteiger partial charge in [-0.05, 0) is 61.1 Å². The number of hydrogen-bond acceptors (Lipinski definition) is 11. The van der Waals surface area contributed by atoms with Crippen molar-refractivity contribution in [3.05, 3.63) is 81.1 Å². The second-order valence-electron chi connectivity index (χ2n) is 13.2. The topological polar surface area (TPSA) is 176 Å². The molecule has 3 aliphatic rings. The summed E-state index contributed by atoms with van der Waals surface area (Å²) in [6, 6.07) is 8.27. The van der Waals surface area contributed by atoms with Crippen LogP contribution in [-0.2, 0) is 30.7 Å². The maximum absolute atomic E-state index is 13.6. The van der Waals surface area contributed by atoms with Crippen LogP contribution in [0.4, 0.5) is 14.5 Å². The molecule has 14 nitrogen and oxygen atoms in total. The Morgan fingerprint density at radius 3 is 2.36 bits per heavy atom. The number of ether oxygens (including phenoxy) is 4. The molecule has 1 atom stereocenters. The van der Waals surface area contributed by atoms with Crippen LogP contribution in [0.1, 0.15) is 57.2 Å². The van der Waals surface area contributed by atoms with Crippen LogP contribution in [0.25, 0.3) is 0 Å². The maximum atomic E-state index is 13.6. The van der Waals surface area contributed by atoms with Crippen molar-refractivity contribution >= 4 is 56.7 Å². The first kappa shape index (κ1) is 42.0. The molecule has 2 N–H and O–H groups in total. The highest BCUT2D eigenvalue weighted by Crippen LogP contribution is 2.38. The zero-order valence-corrected chi connectivity index (χ0v) is 32.0. The fourth-order valence-electron chi connectivity index (χ4n) is 6.26. The Hall–Kier alpha value is -4.13. The van der Waals surface area contributed by atoms with E-state index in [1.54, 1.807) is 0 Å². The van der Waals surface area contributed by atoms with E-state index in [1.165, 1.54) is 53.1 Å². The molecule has 0 spiro atoms. The number of benzene rings is 2. The number of sulfonamides is 1. The number of imide groups is 1. The number of nitrogens with zero attached hydrogens (tertiary/aromatic N) is 3. The van der Waals surface area contributed by atoms with Crippen LogP contribution in [0.3, 0.4) is 0 Å². The quantitative estimate of drug-likeness (QED) is 0.137. The van der Waals surface area contributed by atoms with Gasteiger partial charge in [-0.1, -0.05) is 29.3 Å². The highest BCUT2D eigenvalue weighted by molar-refractivity contribution is 7.92. The molecule has 6 rings (SSSR count). The Morgan fingerprint density at radius 1 is 1.02 bits per heavy atom. The number of aromatic amines is 1. The van der Waals surface area contributed by atoms with E-state index in [9.17, 15) is 31.6 Å². The first-order valence-corrected chi connectivity index (χ1v) is 19.9. The number of carbonyl (C=O) groups excluding carboxylic acids is 3. The summed E-state index contributed by atoms with van der Waals surface area (Å²) in [4.78, 5) is 46.3. The van der Waals surface area contributed by atoms with E-state index in [1.807, 2.05) is 0 Å². The predicted molar refractivity (Wildman–Crippen MR) is 195 cm³/mol. The summed E-state index contributed by atoms with van der Waals surface area (Å²) in [5.74, 6) is -2.45. The minimum atomic E-state index is -3.76. The molecule has 1 saturated heterocycles. The number of aromatic nitrogens is 1. The summed E-state index contributed by atoms with van der Waals surface area (Å²) in [5, 5.41) is 0.457. The summed E-state index contributed by atoms with van der Waals surface area (Å²) in [6.07, 6.45) is 5.21. The molecule has 2 aromatic carbocycles. The molecule has 0 bridgehead atoms. The first-order chi connectivity index (χ1) is 25.8. The molecule has 19 heteroatoms. The van der Waals surface area contributed by atoms with E-state index in [0.717, 1.165) is 37.1 Å². The third-order valence-corrected chi connectivity index (χ3v) is 11.1. The number of morpholine rings is 1. The summed E-state index contributed by atoms with van der Waals surface area (Å²) < 4.78 is 75.0. The third kappa shape index (κ3) is 10.6. The normalized spacial score (nSPS) is 16.4. The number of H-pyrrole nitrogens is 1. The Kier molecular flexibility index (Phi) is 13.9. The summed E-state index contributed by atoms with van der Waals surface area (Å²) in [6.45, 7) is -0.112. The molecule has 2 aliphatic heterocycles. The lowest BCUT2D eigenvalue weighted by molar-refractivity contribution is -0.377. The lowest BCUT2D eigenvalue weighted by atomic mass is 10.0. The van der Waals surface area contributed by atoms with Crippen molar-refractivity contribution in [3.8, 4) is 11.5 Å². The zero-order chi connectivity index (χ0) is 38.6. The maximum Gasteiger partial charge on any atom is 0.387 e. The summed E-state index contributed by atoms with van der Waals surface area (Å²) in [5.41, 5.74) is 0.863. The Labute approximate surface area is 326 Å². The predicted octanol–water partition coefficient (Wildman–Crippen LogP) is 4.63. The lowest BCUT2D eigenvalue weighted by Crippen LogP contribution is -2.39. The number of carbonyl (C=O) groups is 3. The fourth-order valence-corrected chi connectivity index (χ4v) is 7.75. The van der Waals surface area contributed by atoms with E-state index in [0.29, 0.717) is 37.3 Å². The molecule has 0 unspecified atom stereocenters. The number of rotatable bonds is 17. The lowest BCUT2D eigenvalue weighted by Gasteiger charge is -2.28. The number of esters is 1. The number of alkyl halides is 2. The van der Waals surface area contributed by atoms with Crippen molar-refractivity contribution in [2.45, 2.75) is 38.4 Å². The first-order valence-electron chi connectivity index (χ1n) is 17.3. The Morgan fingerprint density at radius 2 is 1.71 bits per heavy atom. The van der Waals surface area contributed by atoms with Gasteiger partial charge in [-0.15, -0.1) is 0 Å². The molecule has 0 radical (unpaired) electrons. The zero-order valence-electron chi connectivity index (χ0n) is 29.7. The van der Waals surface area contributed by atoms with Crippen molar-refractivity contribution in [2.75, 3.05) is 63.1 Å². The van der Waals surface area contributed by atoms with Crippen molar-refractivity contribution in [3.63, 3.8) is 0 Å². The van der Waals surface area contributed by atoms with Gasteiger partial charge in [0.25, 0.3) is 11.8 Å². The second kappa shape index (κ2) is 18.2. The Bertz CT molecular complexity index is 1980. The van der Waals surface area contributed by atoms with Crippen molar-refractivity contribution < 1.29 is 61.0 Å². The van der Waals surface area contributed by atoms with E-state index >= 15 is 0 Å². The number of nitrogens with one attached hydrogen (secondary N) is 1. The molecule has 3 heterocycles. The van der Waals surface area contributed by atoms with Crippen LogP contribution in [0.5, 0.6) is 11.5 Å². The van der Waals surface area contributed by atoms with Crippen LogP contribution in [0.15, 0.2) is 48.8 Å². The average molecular weight is 830 g/mol. The molecule has 1 saturated carbocycles. The van der Waals surface area contributed by atoms with Gasteiger partial charge >= 0.3 is 12.6 Å². The number of pyridine rings is 1. The molecule has 55 heavy (non-hydrogen) atoms.